The molecule has 518 valence electrons. The Morgan fingerprint density at radius 1 is 0.416 bits per heavy atom. The van der Waals surface area contributed by atoms with Gasteiger partial charge in [0.2, 0.25) is 5.91 Å². The van der Waals surface area contributed by atoms with E-state index in [-0.39, 0.29) is 12.5 Å². The van der Waals surface area contributed by atoms with Gasteiger partial charge in [-0.15, -0.1) is 0 Å². The summed E-state index contributed by atoms with van der Waals surface area (Å²) in [5, 5.41) is 87.7. The maximum atomic E-state index is 13.4. The minimum Gasteiger partial charge on any atom is -0.394 e. The predicted octanol–water partition coefficient (Wildman–Crippen LogP) is 15.4. The highest BCUT2D eigenvalue weighted by Gasteiger charge is 2.51. The van der Waals surface area contributed by atoms with E-state index < -0.39 is 86.8 Å². The Morgan fingerprint density at radius 2 is 0.775 bits per heavy atom. The second-order valence-corrected chi connectivity index (χ2v) is 25.7. The summed E-state index contributed by atoms with van der Waals surface area (Å²) in [6, 6.07) is -0.833. The molecule has 1 amide bonds. The minimum atomic E-state index is -1.78. The van der Waals surface area contributed by atoms with Crippen LogP contribution in [-0.4, -0.2) is 140 Å². The van der Waals surface area contributed by atoms with Crippen LogP contribution in [-0.2, 0) is 23.7 Å². The summed E-state index contributed by atoms with van der Waals surface area (Å²) in [5.74, 6) is -0.206. The Balaban J connectivity index is 1.64. The number of hydrogen-bond acceptors (Lipinski definition) is 13. The van der Waals surface area contributed by atoms with Crippen LogP contribution in [0.1, 0.15) is 303 Å². The quantitative estimate of drug-likeness (QED) is 0.0204. The van der Waals surface area contributed by atoms with Gasteiger partial charge in [0, 0.05) is 6.42 Å². The molecule has 14 nitrogen and oxygen atoms in total. The monoisotopic (exact) mass is 1260 g/mol. The summed E-state index contributed by atoms with van der Waals surface area (Å²) in [4.78, 5) is 13.4. The molecule has 89 heavy (non-hydrogen) atoms. The van der Waals surface area contributed by atoms with Crippen LogP contribution in [0.15, 0.2) is 72.9 Å². The third-order valence-corrected chi connectivity index (χ3v) is 17.7. The van der Waals surface area contributed by atoms with Crippen molar-refractivity contribution in [2.75, 3.05) is 19.8 Å². The minimum absolute atomic E-state index is 0.206. The first-order chi connectivity index (χ1) is 43.6. The van der Waals surface area contributed by atoms with Gasteiger partial charge in [0.25, 0.3) is 0 Å². The number of allylic oxidation sites excluding steroid dienone is 12. The van der Waals surface area contributed by atoms with E-state index in [2.05, 4.69) is 92.1 Å². The molecule has 2 aliphatic heterocycles. The number of ether oxygens (including phenoxy) is 4. The maximum Gasteiger partial charge on any atom is 0.220 e. The number of carbonyl (C=O) groups excluding carboxylic acids is 1. The van der Waals surface area contributed by atoms with Crippen molar-refractivity contribution in [1.82, 2.24) is 5.32 Å². The molecule has 2 fully saturated rings. The van der Waals surface area contributed by atoms with E-state index in [4.69, 9.17) is 18.9 Å². The smallest absolute Gasteiger partial charge is 0.220 e. The largest absolute Gasteiger partial charge is 0.394 e. The molecule has 12 atom stereocenters. The number of aliphatic hydroxyl groups is 8. The van der Waals surface area contributed by atoms with Crippen LogP contribution in [0.5, 0.6) is 0 Å². The van der Waals surface area contributed by atoms with Crippen LogP contribution in [0.2, 0.25) is 0 Å². The highest BCUT2D eigenvalue weighted by Crippen LogP contribution is 2.30. The summed E-state index contributed by atoms with van der Waals surface area (Å²) in [7, 11) is 0. The lowest BCUT2D eigenvalue weighted by Gasteiger charge is -2.46. The van der Waals surface area contributed by atoms with Crippen LogP contribution in [0.3, 0.4) is 0 Å². The molecule has 0 aromatic rings. The Hall–Kier alpha value is -2.57. The van der Waals surface area contributed by atoms with E-state index in [1.165, 1.54) is 186 Å². The van der Waals surface area contributed by atoms with Crippen LogP contribution in [0.25, 0.3) is 0 Å². The van der Waals surface area contributed by atoms with Crippen molar-refractivity contribution in [1.29, 1.82) is 0 Å². The van der Waals surface area contributed by atoms with Gasteiger partial charge < -0.3 is 65.1 Å². The normalized spacial score (nSPS) is 23.4. The maximum absolute atomic E-state index is 13.4. The Labute approximate surface area is 542 Å². The van der Waals surface area contributed by atoms with E-state index in [0.717, 1.165) is 89.9 Å². The van der Waals surface area contributed by atoms with Crippen LogP contribution >= 0.6 is 0 Å². The lowest BCUT2D eigenvalue weighted by Crippen LogP contribution is -2.65. The lowest BCUT2D eigenvalue weighted by atomic mass is 9.97. The molecule has 2 saturated heterocycles. The number of hydrogen-bond donors (Lipinski definition) is 9. The standard InChI is InChI=1S/C75H135NO13/c1-3-5-7-9-11-13-15-17-19-21-23-25-27-28-29-30-31-32-33-34-35-36-37-39-41-43-45-47-49-51-53-55-57-59-67(80)76-63(62-86-74-72(85)70(83)73(66(61-78)88-74)89-75-71(84)69(82)68(81)65(60-77)87-75)64(79)58-56-54-52-50-48-46-44-42-40-38-26-24-22-20-18-16-14-12-10-8-6-4-2/h5,7,11,13,17,19,23,25,28-29,31-32,63-66,68-75,77-79,81-85H,3-4,6,8-10,12,14-16,18,20-22,24,26-27,30,33-62H2,1-2H3,(H,76,80)/b7-5-,13-11-,19-17-,25-23-,29-28-,32-31-. The second-order valence-electron chi connectivity index (χ2n) is 25.7. The topological polar surface area (TPSA) is 228 Å². The molecule has 14 heteroatoms. The third kappa shape index (κ3) is 43.1. The van der Waals surface area contributed by atoms with Gasteiger partial charge in [-0.2, -0.15) is 0 Å². The summed E-state index contributed by atoms with van der Waals surface area (Å²) in [6.45, 7) is 2.79. The molecule has 0 spiro atoms. The third-order valence-electron chi connectivity index (χ3n) is 17.7. The number of carbonyl (C=O) groups is 1. The summed E-state index contributed by atoms with van der Waals surface area (Å²) in [6.07, 6.45) is 63.4. The van der Waals surface area contributed by atoms with Crippen LogP contribution in [0.4, 0.5) is 0 Å². The van der Waals surface area contributed by atoms with Crippen molar-refractivity contribution in [3.8, 4) is 0 Å². The molecule has 0 aromatic heterocycles. The van der Waals surface area contributed by atoms with Crippen LogP contribution < -0.4 is 5.32 Å². The van der Waals surface area contributed by atoms with Crippen LogP contribution in [0, 0.1) is 0 Å². The SMILES string of the molecule is CC/C=C\C/C=C\C/C=C\C/C=C\C/C=C\C/C=C\CCCCCCCCCCCCCCCCC(=O)NC(COC1OC(CO)C(OC2OC(CO)C(O)C(O)C2O)C(O)C1O)C(O)CCCCCCCCCCCCCCCCCCCCCCCC. The van der Waals surface area contributed by atoms with Gasteiger partial charge in [0.1, 0.15) is 48.8 Å². The molecular formula is C75H135NO13. The first kappa shape index (κ1) is 82.5. The van der Waals surface area contributed by atoms with E-state index in [0.29, 0.717) is 12.8 Å². The van der Waals surface area contributed by atoms with Gasteiger partial charge in [-0.1, -0.05) is 305 Å². The lowest BCUT2D eigenvalue weighted by molar-refractivity contribution is -0.359. The van der Waals surface area contributed by atoms with E-state index in [1.54, 1.807) is 0 Å². The van der Waals surface area contributed by atoms with Crippen molar-refractivity contribution in [3.05, 3.63) is 72.9 Å². The Bertz CT molecular complexity index is 1770. The zero-order valence-corrected chi connectivity index (χ0v) is 56.4. The van der Waals surface area contributed by atoms with Gasteiger partial charge in [-0.05, 0) is 64.2 Å². The molecule has 0 radical (unpaired) electrons. The molecule has 0 bridgehead atoms. The molecule has 0 aromatic carbocycles. The fourth-order valence-electron chi connectivity index (χ4n) is 11.9. The highest BCUT2D eigenvalue weighted by molar-refractivity contribution is 5.76. The number of nitrogens with one attached hydrogen (secondary N) is 1. The Kier molecular flexibility index (Phi) is 54.9. The molecule has 2 heterocycles. The number of aliphatic hydroxyl groups excluding tert-OH is 8. The van der Waals surface area contributed by atoms with Gasteiger partial charge >= 0.3 is 0 Å². The van der Waals surface area contributed by atoms with Crippen molar-refractivity contribution >= 4 is 5.91 Å². The first-order valence-corrected chi connectivity index (χ1v) is 36.7. The number of unbranched alkanes of at least 4 members (excludes halogenated alkanes) is 35. The number of rotatable bonds is 60. The molecule has 2 rings (SSSR count). The van der Waals surface area contributed by atoms with Gasteiger partial charge in [0.15, 0.2) is 12.6 Å². The average molecular weight is 1260 g/mol. The first-order valence-electron chi connectivity index (χ1n) is 36.7. The summed E-state index contributed by atoms with van der Waals surface area (Å²) < 4.78 is 22.9. The summed E-state index contributed by atoms with van der Waals surface area (Å²) in [5.41, 5.74) is 0. The highest BCUT2D eigenvalue weighted by atomic mass is 16.7. The molecular weight excluding hydrogens is 1120 g/mol. The van der Waals surface area contributed by atoms with E-state index >= 15 is 0 Å². The van der Waals surface area contributed by atoms with Gasteiger partial charge in [-0.25, -0.2) is 0 Å². The molecule has 9 N–H and O–H groups in total. The number of amides is 1. The predicted molar refractivity (Wildman–Crippen MR) is 364 cm³/mol. The van der Waals surface area contributed by atoms with Crippen molar-refractivity contribution in [2.24, 2.45) is 0 Å². The zero-order chi connectivity index (χ0) is 64.5. The summed E-state index contributed by atoms with van der Waals surface area (Å²) >= 11 is 0. The van der Waals surface area contributed by atoms with Gasteiger partial charge in [-0.3, -0.25) is 4.79 Å². The van der Waals surface area contributed by atoms with Gasteiger partial charge in [0.05, 0.1) is 32.0 Å². The zero-order valence-electron chi connectivity index (χ0n) is 56.4. The molecule has 0 saturated carbocycles. The van der Waals surface area contributed by atoms with Crippen molar-refractivity contribution in [3.63, 3.8) is 0 Å². The molecule has 2 aliphatic rings. The van der Waals surface area contributed by atoms with E-state index in [9.17, 15) is 45.6 Å². The van der Waals surface area contributed by atoms with Crippen molar-refractivity contribution in [2.45, 2.75) is 376 Å². The average Bonchev–Trinajstić information content (AvgIpc) is 2.75. The fourth-order valence-corrected chi connectivity index (χ4v) is 11.9. The molecule has 12 unspecified atom stereocenters. The Morgan fingerprint density at radius 3 is 1.19 bits per heavy atom. The molecule has 0 aliphatic carbocycles. The second kappa shape index (κ2) is 59.2. The van der Waals surface area contributed by atoms with E-state index in [1.807, 2.05) is 0 Å². The van der Waals surface area contributed by atoms with Crippen molar-refractivity contribution < 1.29 is 64.6 Å². The fraction of sp³-hybridized carbons (Fsp3) is 0.827.